The third kappa shape index (κ3) is 4.11. The third-order valence-electron chi connectivity index (χ3n) is 9.20. The predicted molar refractivity (Wildman–Crippen MR) is 127 cm³/mol. The van der Waals surface area contributed by atoms with Crippen molar-refractivity contribution in [2.24, 2.45) is 17.3 Å². The Balaban J connectivity index is 1.58. The van der Waals surface area contributed by atoms with Gasteiger partial charge in [-0.3, -0.25) is 4.79 Å². The summed E-state index contributed by atoms with van der Waals surface area (Å²) < 4.78 is 65.5. The van der Waals surface area contributed by atoms with Gasteiger partial charge in [-0.1, -0.05) is 24.6 Å². The van der Waals surface area contributed by atoms with Gasteiger partial charge in [0.1, 0.15) is 5.75 Å². The molecule has 0 spiro atoms. The van der Waals surface area contributed by atoms with Crippen molar-refractivity contribution in [3.8, 4) is 11.8 Å². The number of fused-ring (bicyclic) bond motifs is 4. The van der Waals surface area contributed by atoms with Gasteiger partial charge < -0.3 is 9.29 Å². The molecule has 4 aliphatic rings. The van der Waals surface area contributed by atoms with Gasteiger partial charge in [-0.25, -0.2) is 0 Å². The van der Waals surface area contributed by atoms with E-state index in [1.807, 2.05) is 6.92 Å². The number of carbonyl (C=O) groups excluding carboxylic acids is 1. The monoisotopic (exact) mass is 535 g/mol. The quantitative estimate of drug-likeness (QED) is 0.406. The van der Waals surface area contributed by atoms with Crippen LogP contribution in [-0.4, -0.2) is 30.4 Å². The molecule has 0 saturated heterocycles. The maximum absolute atomic E-state index is 12.8. The van der Waals surface area contributed by atoms with E-state index in [0.29, 0.717) is 25.7 Å². The summed E-state index contributed by atoms with van der Waals surface area (Å²) in [6.07, 6.45) is 6.25. The molecule has 0 radical (unpaired) electrons. The summed E-state index contributed by atoms with van der Waals surface area (Å²) >= 11 is 0. The fourth-order valence-electron chi connectivity index (χ4n) is 7.40. The van der Waals surface area contributed by atoms with E-state index >= 15 is 0 Å². The largest absolute Gasteiger partial charge is 0.534 e. The van der Waals surface area contributed by atoms with Gasteiger partial charge in [0, 0.05) is 17.8 Å². The van der Waals surface area contributed by atoms with E-state index in [4.69, 9.17) is 0 Å². The fourth-order valence-corrected chi connectivity index (χ4v) is 7.86. The molecule has 1 aromatic rings. The molecule has 5 atom stereocenters. The molecule has 0 aliphatic heterocycles. The van der Waals surface area contributed by atoms with Crippen LogP contribution in [0.15, 0.2) is 47.1 Å². The highest BCUT2D eigenvalue weighted by Gasteiger charge is 2.62. The van der Waals surface area contributed by atoms with E-state index in [1.54, 1.807) is 18.2 Å². The van der Waals surface area contributed by atoms with Crippen molar-refractivity contribution in [2.45, 2.75) is 75.3 Å². The van der Waals surface area contributed by atoms with Crippen molar-refractivity contribution >= 4 is 15.9 Å². The fraction of sp³-hybridized carbons (Fsp3) is 0.556. The Morgan fingerprint density at radius 2 is 1.86 bits per heavy atom. The molecule has 0 aromatic heterocycles. The number of hydrogen-bond acceptors (Lipinski definition) is 6. The molecule has 1 N–H and O–H groups in total. The zero-order valence-electron chi connectivity index (χ0n) is 20.3. The summed E-state index contributed by atoms with van der Waals surface area (Å²) in [5.74, 6) is -0.215. The van der Waals surface area contributed by atoms with E-state index in [0.717, 1.165) is 30.4 Å². The molecular formula is C27H28F3NO5S. The van der Waals surface area contributed by atoms with Gasteiger partial charge in [-0.15, -0.1) is 0 Å². The highest BCUT2D eigenvalue weighted by atomic mass is 32.2. The van der Waals surface area contributed by atoms with E-state index < -0.39 is 32.4 Å². The molecule has 10 heteroatoms. The van der Waals surface area contributed by atoms with Crippen molar-refractivity contribution in [3.05, 3.63) is 52.6 Å². The van der Waals surface area contributed by atoms with Crippen molar-refractivity contribution in [1.29, 1.82) is 5.26 Å². The molecule has 2 saturated carbocycles. The first-order chi connectivity index (χ1) is 17.3. The second-order valence-electron chi connectivity index (χ2n) is 11.0. The van der Waals surface area contributed by atoms with Crippen LogP contribution in [0.5, 0.6) is 5.75 Å². The lowest BCUT2D eigenvalue weighted by Gasteiger charge is -2.54. The Morgan fingerprint density at radius 3 is 2.51 bits per heavy atom. The molecule has 37 heavy (non-hydrogen) atoms. The van der Waals surface area contributed by atoms with Crippen LogP contribution in [0.3, 0.4) is 0 Å². The summed E-state index contributed by atoms with van der Waals surface area (Å²) in [6.45, 7) is 2.04. The maximum Gasteiger partial charge on any atom is 0.534 e. The standard InChI is InChI=1S/C27H28F3NO5S/c1-25-15-22(16-2-6-19(7-3-16)36-37(34,35)27(28,29)30)24-20-9-5-18(32)14-17(20)4-8-21(24)23(25)10-11-26(25,33)12-13-31/h2-3,6-7,14,21-23,33H,4-5,8-12,15H2,1H3/t21-,22+,23-,25-,26+/m0/s1. The summed E-state index contributed by atoms with van der Waals surface area (Å²) in [5.41, 5.74) is -3.05. The van der Waals surface area contributed by atoms with Crippen molar-refractivity contribution < 1.29 is 35.7 Å². The van der Waals surface area contributed by atoms with Crippen molar-refractivity contribution in [3.63, 3.8) is 0 Å². The van der Waals surface area contributed by atoms with E-state index in [9.17, 15) is 36.8 Å². The van der Waals surface area contributed by atoms with Crippen LogP contribution in [0, 0.1) is 28.6 Å². The predicted octanol–water partition coefficient (Wildman–Crippen LogP) is 5.46. The average molecular weight is 536 g/mol. The molecule has 0 amide bonds. The average Bonchev–Trinajstić information content (AvgIpc) is 3.08. The summed E-state index contributed by atoms with van der Waals surface area (Å²) in [4.78, 5) is 12.1. The second-order valence-corrected chi connectivity index (χ2v) is 12.5. The Bertz CT molecular complexity index is 1340. The number of alkyl halides is 3. The lowest BCUT2D eigenvalue weighted by atomic mass is 9.51. The molecule has 198 valence electrons. The summed E-state index contributed by atoms with van der Waals surface area (Å²) in [7, 11) is -5.78. The van der Waals surface area contributed by atoms with Gasteiger partial charge >= 0.3 is 15.6 Å². The number of nitrogens with zero attached hydrogens (tertiary/aromatic N) is 1. The third-order valence-corrected chi connectivity index (χ3v) is 10.2. The van der Waals surface area contributed by atoms with Gasteiger partial charge in [0.25, 0.3) is 0 Å². The smallest absolute Gasteiger partial charge is 0.388 e. The van der Waals surface area contributed by atoms with Crippen LogP contribution in [0.4, 0.5) is 13.2 Å². The van der Waals surface area contributed by atoms with E-state index in [1.165, 1.54) is 23.3 Å². The number of benzene rings is 1. The number of hydrogen-bond donors (Lipinski definition) is 1. The van der Waals surface area contributed by atoms with E-state index in [-0.39, 0.29) is 30.0 Å². The SMILES string of the molecule is C[C@]12C[C@H](c3ccc(OS(=O)(=O)C(F)(F)F)cc3)C3=C4CCC(=O)C=C4CC[C@H]3[C@@H]1CC[C@@]2(O)CC#N. The van der Waals surface area contributed by atoms with Gasteiger partial charge in [0.05, 0.1) is 18.1 Å². The molecule has 2 fully saturated rings. The topological polar surface area (TPSA) is 104 Å². The Kier molecular flexibility index (Phi) is 6.11. The number of carbonyl (C=O) groups is 1. The van der Waals surface area contributed by atoms with Crippen LogP contribution in [0.25, 0.3) is 0 Å². The lowest BCUT2D eigenvalue weighted by molar-refractivity contribution is -0.114. The minimum Gasteiger partial charge on any atom is -0.388 e. The first-order valence-electron chi connectivity index (χ1n) is 12.5. The minimum atomic E-state index is -5.78. The number of ketones is 1. The van der Waals surface area contributed by atoms with Crippen LogP contribution in [-0.2, 0) is 14.9 Å². The first-order valence-corrected chi connectivity index (χ1v) is 13.9. The zero-order valence-corrected chi connectivity index (χ0v) is 21.2. The lowest BCUT2D eigenvalue weighted by Crippen LogP contribution is -2.51. The molecule has 6 nitrogen and oxygen atoms in total. The van der Waals surface area contributed by atoms with Crippen LogP contribution < -0.4 is 4.18 Å². The second kappa shape index (κ2) is 8.70. The molecule has 5 rings (SSSR count). The molecule has 0 heterocycles. The van der Waals surface area contributed by atoms with Gasteiger partial charge in [-0.05, 0) is 85.3 Å². The van der Waals surface area contributed by atoms with Crippen molar-refractivity contribution in [1.82, 2.24) is 0 Å². The van der Waals surface area contributed by atoms with Gasteiger partial charge in [0.15, 0.2) is 5.78 Å². The maximum atomic E-state index is 12.8. The minimum absolute atomic E-state index is 0.0209. The highest BCUT2D eigenvalue weighted by molar-refractivity contribution is 7.88. The zero-order chi connectivity index (χ0) is 26.8. The normalized spacial score (nSPS) is 33.7. The van der Waals surface area contributed by atoms with Crippen molar-refractivity contribution in [2.75, 3.05) is 0 Å². The number of nitriles is 1. The summed E-state index contributed by atoms with van der Waals surface area (Å²) in [5, 5.41) is 21.1. The summed E-state index contributed by atoms with van der Waals surface area (Å²) in [6, 6.07) is 7.73. The molecule has 0 bridgehead atoms. The van der Waals surface area contributed by atoms with Gasteiger partial charge in [0.2, 0.25) is 0 Å². The number of aliphatic hydroxyl groups is 1. The molecular weight excluding hydrogens is 507 g/mol. The Hall–Kier alpha value is -2.64. The first kappa shape index (κ1) is 26.0. The molecule has 1 aromatic carbocycles. The van der Waals surface area contributed by atoms with E-state index in [2.05, 4.69) is 10.3 Å². The Morgan fingerprint density at radius 1 is 1.16 bits per heavy atom. The molecule has 0 unspecified atom stereocenters. The van der Waals surface area contributed by atoms with Crippen LogP contribution in [0.2, 0.25) is 0 Å². The molecule has 4 aliphatic carbocycles. The van der Waals surface area contributed by atoms with Crippen LogP contribution >= 0.6 is 0 Å². The number of rotatable bonds is 4. The van der Waals surface area contributed by atoms with Crippen LogP contribution in [0.1, 0.15) is 69.8 Å². The number of allylic oxidation sites excluding steroid dienone is 4. The Labute approximate surface area is 213 Å². The van der Waals surface area contributed by atoms with Gasteiger partial charge in [-0.2, -0.15) is 26.9 Å². The number of halogens is 3. The highest BCUT2D eigenvalue weighted by Crippen LogP contribution is 2.67.